The molecule has 0 saturated carbocycles. The SMILES string of the molecule is CC(C)CCN1CCN(C(=O)COC2CCNCC2)CC1. The topological polar surface area (TPSA) is 44.8 Å². The molecule has 0 unspecified atom stereocenters. The summed E-state index contributed by atoms with van der Waals surface area (Å²) in [5.41, 5.74) is 0. The summed E-state index contributed by atoms with van der Waals surface area (Å²) in [7, 11) is 0. The van der Waals surface area contributed by atoms with E-state index in [1.54, 1.807) is 0 Å². The minimum atomic E-state index is 0.164. The van der Waals surface area contributed by atoms with Crippen molar-refractivity contribution in [2.45, 2.75) is 39.2 Å². The number of hydrogen-bond acceptors (Lipinski definition) is 4. The van der Waals surface area contributed by atoms with Gasteiger partial charge in [0.05, 0.1) is 6.10 Å². The first-order chi connectivity index (χ1) is 10.1. The molecule has 2 saturated heterocycles. The zero-order chi connectivity index (χ0) is 15.1. The molecule has 0 aromatic carbocycles. The molecule has 0 radical (unpaired) electrons. The Morgan fingerprint density at radius 1 is 1.19 bits per heavy atom. The van der Waals surface area contributed by atoms with Crippen LogP contribution in [-0.2, 0) is 9.53 Å². The van der Waals surface area contributed by atoms with Gasteiger partial charge in [-0.25, -0.2) is 0 Å². The normalized spacial score (nSPS) is 22.0. The third kappa shape index (κ3) is 5.93. The molecule has 0 aromatic rings. The first-order valence-electron chi connectivity index (χ1n) is 8.47. The zero-order valence-electron chi connectivity index (χ0n) is 13.6. The predicted octanol–water partition coefficient (Wildman–Crippen LogP) is 0.945. The van der Waals surface area contributed by atoms with Gasteiger partial charge in [0.1, 0.15) is 6.61 Å². The zero-order valence-corrected chi connectivity index (χ0v) is 13.6. The van der Waals surface area contributed by atoms with Crippen LogP contribution in [0.4, 0.5) is 0 Å². The second kappa shape index (κ2) is 8.71. The van der Waals surface area contributed by atoms with Gasteiger partial charge in [0.25, 0.3) is 0 Å². The number of amides is 1. The molecule has 2 aliphatic heterocycles. The number of piperazine rings is 1. The van der Waals surface area contributed by atoms with Crippen LogP contribution in [0.15, 0.2) is 0 Å². The highest BCUT2D eigenvalue weighted by molar-refractivity contribution is 5.77. The number of carbonyl (C=O) groups excluding carboxylic acids is 1. The molecule has 1 N–H and O–H groups in total. The lowest BCUT2D eigenvalue weighted by atomic mass is 10.1. The average Bonchev–Trinajstić information content (AvgIpc) is 2.52. The predicted molar refractivity (Wildman–Crippen MR) is 84.3 cm³/mol. The molecule has 2 fully saturated rings. The number of piperidine rings is 1. The second-order valence-corrected chi connectivity index (χ2v) is 6.67. The van der Waals surface area contributed by atoms with E-state index in [1.807, 2.05) is 4.90 Å². The molecule has 0 aromatic heterocycles. The number of nitrogens with zero attached hydrogens (tertiary/aromatic N) is 2. The molecule has 5 nitrogen and oxygen atoms in total. The van der Waals surface area contributed by atoms with E-state index in [0.717, 1.165) is 64.6 Å². The second-order valence-electron chi connectivity index (χ2n) is 6.67. The van der Waals surface area contributed by atoms with Gasteiger partial charge in [-0.2, -0.15) is 0 Å². The fourth-order valence-electron chi connectivity index (χ4n) is 2.90. The van der Waals surface area contributed by atoms with Gasteiger partial charge in [0.15, 0.2) is 0 Å². The molecule has 122 valence electrons. The molecule has 0 aliphatic carbocycles. The van der Waals surface area contributed by atoms with Gasteiger partial charge in [0, 0.05) is 26.2 Å². The van der Waals surface area contributed by atoms with Crippen molar-refractivity contribution < 1.29 is 9.53 Å². The Kier molecular flexibility index (Phi) is 6.93. The minimum Gasteiger partial charge on any atom is -0.368 e. The van der Waals surface area contributed by atoms with Crippen molar-refractivity contribution in [2.75, 3.05) is 52.4 Å². The third-order valence-corrected chi connectivity index (χ3v) is 4.48. The van der Waals surface area contributed by atoms with Gasteiger partial charge in [-0.05, 0) is 44.8 Å². The van der Waals surface area contributed by atoms with E-state index in [9.17, 15) is 4.79 Å². The van der Waals surface area contributed by atoms with Crippen molar-refractivity contribution in [3.8, 4) is 0 Å². The Balaban J connectivity index is 1.61. The van der Waals surface area contributed by atoms with Crippen LogP contribution >= 0.6 is 0 Å². The van der Waals surface area contributed by atoms with E-state index in [4.69, 9.17) is 4.74 Å². The molecular weight excluding hydrogens is 266 g/mol. The Hall–Kier alpha value is -0.650. The van der Waals surface area contributed by atoms with Gasteiger partial charge in [-0.15, -0.1) is 0 Å². The maximum Gasteiger partial charge on any atom is 0.248 e. The summed E-state index contributed by atoms with van der Waals surface area (Å²) in [5, 5.41) is 3.31. The highest BCUT2D eigenvalue weighted by atomic mass is 16.5. The quantitative estimate of drug-likeness (QED) is 0.793. The Morgan fingerprint density at radius 3 is 2.48 bits per heavy atom. The lowest BCUT2D eigenvalue weighted by Gasteiger charge is -2.35. The monoisotopic (exact) mass is 297 g/mol. The van der Waals surface area contributed by atoms with Crippen LogP contribution in [0.1, 0.15) is 33.1 Å². The summed E-state index contributed by atoms with van der Waals surface area (Å²) < 4.78 is 5.76. The Labute approximate surface area is 129 Å². The summed E-state index contributed by atoms with van der Waals surface area (Å²) in [5.74, 6) is 0.917. The first-order valence-corrected chi connectivity index (χ1v) is 8.47. The van der Waals surface area contributed by atoms with Crippen molar-refractivity contribution in [2.24, 2.45) is 5.92 Å². The number of nitrogens with one attached hydrogen (secondary N) is 1. The van der Waals surface area contributed by atoms with Gasteiger partial charge in [-0.1, -0.05) is 13.8 Å². The van der Waals surface area contributed by atoms with Gasteiger partial charge < -0.3 is 15.0 Å². The number of rotatable bonds is 6. The van der Waals surface area contributed by atoms with Crippen LogP contribution in [0.5, 0.6) is 0 Å². The molecule has 5 heteroatoms. The van der Waals surface area contributed by atoms with E-state index in [-0.39, 0.29) is 18.6 Å². The smallest absolute Gasteiger partial charge is 0.248 e. The first kappa shape index (κ1) is 16.7. The van der Waals surface area contributed by atoms with E-state index in [2.05, 4.69) is 24.1 Å². The Morgan fingerprint density at radius 2 is 1.86 bits per heavy atom. The summed E-state index contributed by atoms with van der Waals surface area (Å²) in [6.45, 7) is 11.7. The lowest BCUT2D eigenvalue weighted by molar-refractivity contribution is -0.140. The lowest BCUT2D eigenvalue weighted by Crippen LogP contribution is -2.50. The molecular formula is C16H31N3O2. The highest BCUT2D eigenvalue weighted by Crippen LogP contribution is 2.09. The largest absolute Gasteiger partial charge is 0.368 e. The summed E-state index contributed by atoms with van der Waals surface area (Å²) in [6, 6.07) is 0. The average molecular weight is 297 g/mol. The van der Waals surface area contributed by atoms with Crippen molar-refractivity contribution in [1.29, 1.82) is 0 Å². The van der Waals surface area contributed by atoms with E-state index in [0.29, 0.717) is 0 Å². The number of ether oxygens (including phenoxy) is 1. The van der Waals surface area contributed by atoms with Gasteiger partial charge >= 0.3 is 0 Å². The minimum absolute atomic E-state index is 0.164. The fourth-order valence-corrected chi connectivity index (χ4v) is 2.90. The van der Waals surface area contributed by atoms with Crippen LogP contribution < -0.4 is 5.32 Å². The molecule has 0 atom stereocenters. The van der Waals surface area contributed by atoms with Crippen molar-refractivity contribution in [1.82, 2.24) is 15.1 Å². The van der Waals surface area contributed by atoms with E-state index in [1.165, 1.54) is 6.42 Å². The molecule has 2 aliphatic rings. The van der Waals surface area contributed by atoms with Crippen molar-refractivity contribution >= 4 is 5.91 Å². The van der Waals surface area contributed by atoms with Crippen LogP contribution in [0, 0.1) is 5.92 Å². The summed E-state index contributed by atoms with van der Waals surface area (Å²) in [4.78, 5) is 16.6. The Bertz CT molecular complexity index is 309. The maximum absolute atomic E-state index is 12.2. The fraction of sp³-hybridized carbons (Fsp3) is 0.938. The molecule has 2 rings (SSSR count). The standard InChI is InChI=1S/C16H31N3O2/c1-14(2)5-8-18-9-11-19(12-10-18)16(20)13-21-15-3-6-17-7-4-15/h14-15,17H,3-13H2,1-2H3. The molecule has 1 amide bonds. The van der Waals surface area contributed by atoms with Crippen LogP contribution in [-0.4, -0.2) is 74.2 Å². The van der Waals surface area contributed by atoms with E-state index >= 15 is 0 Å². The third-order valence-electron chi connectivity index (χ3n) is 4.48. The summed E-state index contributed by atoms with van der Waals surface area (Å²) >= 11 is 0. The summed E-state index contributed by atoms with van der Waals surface area (Å²) in [6.07, 6.45) is 3.56. The number of carbonyl (C=O) groups is 1. The van der Waals surface area contributed by atoms with Crippen molar-refractivity contribution in [3.63, 3.8) is 0 Å². The molecule has 0 bridgehead atoms. The highest BCUT2D eigenvalue weighted by Gasteiger charge is 2.22. The van der Waals surface area contributed by atoms with Gasteiger partial charge in [-0.3, -0.25) is 9.69 Å². The molecule has 21 heavy (non-hydrogen) atoms. The van der Waals surface area contributed by atoms with Crippen LogP contribution in [0.3, 0.4) is 0 Å². The maximum atomic E-state index is 12.2. The van der Waals surface area contributed by atoms with Crippen molar-refractivity contribution in [3.05, 3.63) is 0 Å². The van der Waals surface area contributed by atoms with Crippen LogP contribution in [0.2, 0.25) is 0 Å². The van der Waals surface area contributed by atoms with Crippen LogP contribution in [0.25, 0.3) is 0 Å². The number of hydrogen-bond donors (Lipinski definition) is 1. The molecule has 0 spiro atoms. The van der Waals surface area contributed by atoms with E-state index < -0.39 is 0 Å². The van der Waals surface area contributed by atoms with Gasteiger partial charge in [0.2, 0.25) is 5.91 Å². The molecule has 2 heterocycles.